The summed E-state index contributed by atoms with van der Waals surface area (Å²) in [4.78, 5) is 0. The lowest BCUT2D eigenvalue weighted by atomic mass is 9.74. The normalized spacial score (nSPS) is 26.6. The number of aromatic nitrogens is 2. The number of aliphatic hydroxyl groups is 1. The minimum atomic E-state index is -0.642. The first-order valence-electron chi connectivity index (χ1n) is 6.85. The molecule has 102 valence electrons. The number of aryl methyl sites for hydroxylation is 1. The standard InChI is InChI=1S/C15H20N2O2/c1-3-17-14-7-5-4-6-12(14)13(16-17)10-15(18)8-11(9-15)19-2/h4-7,11,18H,3,8-10H2,1-2H3. The largest absolute Gasteiger partial charge is 0.389 e. The number of ether oxygens (including phenoxy) is 1. The van der Waals surface area contributed by atoms with Gasteiger partial charge in [0, 0.05) is 38.3 Å². The Hall–Kier alpha value is -1.39. The number of rotatable bonds is 4. The van der Waals surface area contributed by atoms with E-state index < -0.39 is 5.60 Å². The molecule has 4 nitrogen and oxygen atoms in total. The highest BCUT2D eigenvalue weighted by molar-refractivity contribution is 5.82. The van der Waals surface area contributed by atoms with E-state index in [9.17, 15) is 5.11 Å². The van der Waals surface area contributed by atoms with Gasteiger partial charge < -0.3 is 9.84 Å². The van der Waals surface area contributed by atoms with Crippen LogP contribution in [0, 0.1) is 0 Å². The summed E-state index contributed by atoms with van der Waals surface area (Å²) in [5, 5.41) is 16.3. The number of benzene rings is 1. The van der Waals surface area contributed by atoms with Crippen LogP contribution < -0.4 is 0 Å². The number of fused-ring (bicyclic) bond motifs is 1. The molecule has 0 atom stereocenters. The van der Waals surface area contributed by atoms with Crippen LogP contribution in [0.1, 0.15) is 25.5 Å². The molecule has 1 N–H and O–H groups in total. The molecule has 0 amide bonds. The molecular formula is C15H20N2O2. The second-order valence-electron chi connectivity index (χ2n) is 5.45. The maximum absolute atomic E-state index is 10.5. The molecule has 0 radical (unpaired) electrons. The van der Waals surface area contributed by atoms with Gasteiger partial charge in [0.05, 0.1) is 22.9 Å². The monoisotopic (exact) mass is 260 g/mol. The van der Waals surface area contributed by atoms with E-state index in [-0.39, 0.29) is 6.10 Å². The van der Waals surface area contributed by atoms with Crippen LogP contribution in [0.15, 0.2) is 24.3 Å². The predicted molar refractivity (Wildman–Crippen MR) is 74.1 cm³/mol. The zero-order valence-corrected chi connectivity index (χ0v) is 11.5. The van der Waals surface area contributed by atoms with Gasteiger partial charge in [-0.15, -0.1) is 0 Å². The van der Waals surface area contributed by atoms with Crippen LogP contribution in [-0.2, 0) is 17.7 Å². The topological polar surface area (TPSA) is 47.3 Å². The van der Waals surface area contributed by atoms with Gasteiger partial charge in [-0.05, 0) is 13.0 Å². The molecule has 3 rings (SSSR count). The Kier molecular flexibility index (Phi) is 3.07. The Bertz CT molecular complexity index is 585. The molecule has 0 bridgehead atoms. The summed E-state index contributed by atoms with van der Waals surface area (Å²) in [6.45, 7) is 2.93. The third-order valence-corrected chi connectivity index (χ3v) is 4.08. The van der Waals surface area contributed by atoms with Gasteiger partial charge in [0.25, 0.3) is 0 Å². The van der Waals surface area contributed by atoms with Crippen molar-refractivity contribution < 1.29 is 9.84 Å². The molecule has 1 fully saturated rings. The van der Waals surface area contributed by atoms with Crippen molar-refractivity contribution in [1.29, 1.82) is 0 Å². The van der Waals surface area contributed by atoms with E-state index in [1.165, 1.54) is 0 Å². The van der Waals surface area contributed by atoms with E-state index >= 15 is 0 Å². The van der Waals surface area contributed by atoms with Crippen LogP contribution in [0.3, 0.4) is 0 Å². The van der Waals surface area contributed by atoms with Crippen molar-refractivity contribution in [3.63, 3.8) is 0 Å². The first-order valence-corrected chi connectivity index (χ1v) is 6.85. The summed E-state index contributed by atoms with van der Waals surface area (Å²) in [5.41, 5.74) is 1.50. The second kappa shape index (κ2) is 4.62. The van der Waals surface area contributed by atoms with Gasteiger partial charge >= 0.3 is 0 Å². The Morgan fingerprint density at radius 3 is 2.84 bits per heavy atom. The minimum absolute atomic E-state index is 0.199. The smallest absolute Gasteiger partial charge is 0.0753 e. The van der Waals surface area contributed by atoms with Gasteiger partial charge in [-0.3, -0.25) is 4.68 Å². The van der Waals surface area contributed by atoms with E-state index in [2.05, 4.69) is 24.2 Å². The van der Waals surface area contributed by atoms with Crippen molar-refractivity contribution in [2.75, 3.05) is 7.11 Å². The highest BCUT2D eigenvalue weighted by Crippen LogP contribution is 2.37. The van der Waals surface area contributed by atoms with Crippen LogP contribution in [0.25, 0.3) is 10.9 Å². The maximum Gasteiger partial charge on any atom is 0.0753 e. The molecule has 0 saturated heterocycles. The number of hydrogen-bond donors (Lipinski definition) is 1. The molecule has 4 heteroatoms. The summed E-state index contributed by atoms with van der Waals surface area (Å²) in [6, 6.07) is 8.22. The quantitative estimate of drug-likeness (QED) is 0.916. The molecule has 1 saturated carbocycles. The molecule has 1 heterocycles. The molecule has 2 aromatic rings. The molecule has 1 aliphatic rings. The highest BCUT2D eigenvalue weighted by Gasteiger charge is 2.43. The zero-order chi connectivity index (χ0) is 13.5. The molecule has 19 heavy (non-hydrogen) atoms. The molecule has 0 unspecified atom stereocenters. The summed E-state index contributed by atoms with van der Waals surface area (Å²) in [6.07, 6.45) is 2.22. The van der Waals surface area contributed by atoms with Gasteiger partial charge in [-0.25, -0.2) is 0 Å². The third kappa shape index (κ3) is 2.15. The van der Waals surface area contributed by atoms with E-state index in [0.29, 0.717) is 19.3 Å². The summed E-state index contributed by atoms with van der Waals surface area (Å²) >= 11 is 0. The third-order valence-electron chi connectivity index (χ3n) is 4.08. The van der Waals surface area contributed by atoms with Crippen LogP contribution in [0.5, 0.6) is 0 Å². The van der Waals surface area contributed by atoms with E-state index in [0.717, 1.165) is 23.1 Å². The van der Waals surface area contributed by atoms with Crippen LogP contribution in [0.2, 0.25) is 0 Å². The summed E-state index contributed by atoms with van der Waals surface area (Å²) < 4.78 is 7.25. The number of nitrogens with zero attached hydrogens (tertiary/aromatic N) is 2. The lowest BCUT2D eigenvalue weighted by Gasteiger charge is -2.42. The molecule has 1 aromatic carbocycles. The number of hydrogen-bond acceptors (Lipinski definition) is 3. The highest BCUT2D eigenvalue weighted by atomic mass is 16.5. The van der Waals surface area contributed by atoms with Crippen molar-refractivity contribution >= 4 is 10.9 Å². The fourth-order valence-electron chi connectivity index (χ4n) is 2.98. The Balaban J connectivity index is 1.89. The fraction of sp³-hybridized carbons (Fsp3) is 0.533. The maximum atomic E-state index is 10.5. The van der Waals surface area contributed by atoms with Crippen molar-refractivity contribution in [2.24, 2.45) is 0 Å². The average molecular weight is 260 g/mol. The van der Waals surface area contributed by atoms with Crippen molar-refractivity contribution in [3.8, 4) is 0 Å². The SMILES string of the molecule is CCn1nc(CC2(O)CC(OC)C2)c2ccccc21. The van der Waals surface area contributed by atoms with Gasteiger partial charge in [-0.2, -0.15) is 5.10 Å². The fourth-order valence-corrected chi connectivity index (χ4v) is 2.98. The average Bonchev–Trinajstić information content (AvgIpc) is 2.74. The minimum Gasteiger partial charge on any atom is -0.389 e. The van der Waals surface area contributed by atoms with Crippen LogP contribution in [0.4, 0.5) is 0 Å². The van der Waals surface area contributed by atoms with Crippen LogP contribution >= 0.6 is 0 Å². The van der Waals surface area contributed by atoms with E-state index in [1.54, 1.807) is 7.11 Å². The Morgan fingerprint density at radius 2 is 2.16 bits per heavy atom. The van der Waals surface area contributed by atoms with E-state index in [1.807, 2.05) is 16.8 Å². The Labute approximate surface area is 113 Å². The van der Waals surface area contributed by atoms with Gasteiger partial charge in [-0.1, -0.05) is 18.2 Å². The van der Waals surface area contributed by atoms with Gasteiger partial charge in [0.1, 0.15) is 0 Å². The van der Waals surface area contributed by atoms with Crippen molar-refractivity contribution in [3.05, 3.63) is 30.0 Å². The molecule has 1 aromatic heterocycles. The predicted octanol–water partition coefficient (Wildman–Crippen LogP) is 2.14. The lowest BCUT2D eigenvalue weighted by Crippen LogP contribution is -2.49. The summed E-state index contributed by atoms with van der Waals surface area (Å²) in [5.74, 6) is 0. The van der Waals surface area contributed by atoms with Crippen LogP contribution in [-0.4, -0.2) is 33.7 Å². The first kappa shape index (κ1) is 12.6. The summed E-state index contributed by atoms with van der Waals surface area (Å²) in [7, 11) is 1.70. The van der Waals surface area contributed by atoms with Gasteiger partial charge in [0.2, 0.25) is 0 Å². The Morgan fingerprint density at radius 1 is 1.42 bits per heavy atom. The second-order valence-corrected chi connectivity index (χ2v) is 5.45. The van der Waals surface area contributed by atoms with Crippen molar-refractivity contribution in [1.82, 2.24) is 9.78 Å². The molecule has 0 aliphatic heterocycles. The molecule has 0 spiro atoms. The number of methoxy groups -OCH3 is 1. The molecular weight excluding hydrogens is 240 g/mol. The molecule has 1 aliphatic carbocycles. The lowest BCUT2D eigenvalue weighted by molar-refractivity contribution is -0.126. The number of para-hydroxylation sites is 1. The first-order chi connectivity index (χ1) is 9.15. The van der Waals surface area contributed by atoms with Crippen molar-refractivity contribution in [2.45, 2.75) is 44.4 Å². The zero-order valence-electron chi connectivity index (χ0n) is 11.5. The van der Waals surface area contributed by atoms with E-state index in [4.69, 9.17) is 4.74 Å². The van der Waals surface area contributed by atoms with Gasteiger partial charge in [0.15, 0.2) is 0 Å².